The van der Waals surface area contributed by atoms with Gasteiger partial charge in [0.1, 0.15) is 0 Å². The number of rotatable bonds is 0. The molecule has 7 heteroatoms. The smallest absolute Gasteiger partial charge is 0.356 e. The van der Waals surface area contributed by atoms with Crippen LogP contribution in [0.1, 0.15) is 0 Å². The largest absolute Gasteiger partial charge is 1.00 e. The number of aromatic amines is 1. The fourth-order valence-corrected chi connectivity index (χ4v) is 0.215. The molecular formula is C3H4AgN3O3. The minimum Gasteiger partial charge on any atom is -0.356 e. The van der Waals surface area contributed by atoms with Crippen molar-refractivity contribution in [3.63, 3.8) is 0 Å². The van der Waals surface area contributed by atoms with Gasteiger partial charge in [-0.2, -0.15) is 0 Å². The van der Waals surface area contributed by atoms with Crippen molar-refractivity contribution >= 4 is 0 Å². The van der Waals surface area contributed by atoms with Gasteiger partial charge in [-0.05, 0) is 0 Å². The van der Waals surface area contributed by atoms with Gasteiger partial charge in [-0.1, -0.05) is 0 Å². The third-order valence-corrected chi connectivity index (χ3v) is 0.406. The summed E-state index contributed by atoms with van der Waals surface area (Å²) in [4.78, 5) is 14.7. The molecule has 1 aromatic rings. The first-order valence-corrected chi connectivity index (χ1v) is 1.97. The summed E-state index contributed by atoms with van der Waals surface area (Å²) in [5.74, 6) is 0. The molecule has 60 valence electrons. The summed E-state index contributed by atoms with van der Waals surface area (Å²) in [6.07, 6.45) is 5.08. The van der Waals surface area contributed by atoms with Crippen LogP contribution in [0.5, 0.6) is 0 Å². The van der Waals surface area contributed by atoms with Crippen LogP contribution in [0.25, 0.3) is 0 Å². The van der Waals surface area contributed by atoms with E-state index in [1.807, 2.05) is 0 Å². The summed E-state index contributed by atoms with van der Waals surface area (Å²) in [5, 5.41) is 14.8. The summed E-state index contributed by atoms with van der Waals surface area (Å²) >= 11 is 0. The van der Waals surface area contributed by atoms with Crippen molar-refractivity contribution in [1.82, 2.24) is 9.97 Å². The van der Waals surface area contributed by atoms with E-state index in [1.165, 1.54) is 0 Å². The third-order valence-electron chi connectivity index (χ3n) is 0.406. The summed E-state index contributed by atoms with van der Waals surface area (Å²) in [6.45, 7) is 0. The van der Waals surface area contributed by atoms with Crippen LogP contribution in [0.3, 0.4) is 0 Å². The Morgan fingerprint density at radius 2 is 2.00 bits per heavy atom. The molecule has 1 rings (SSSR count). The Labute approximate surface area is 71.9 Å². The van der Waals surface area contributed by atoms with Crippen LogP contribution < -0.4 is 0 Å². The second-order valence-electron chi connectivity index (χ2n) is 0.984. The third kappa shape index (κ3) is 15.7. The molecule has 0 amide bonds. The summed E-state index contributed by atoms with van der Waals surface area (Å²) in [5.41, 5.74) is 0. The predicted molar refractivity (Wildman–Crippen MR) is 28.9 cm³/mol. The number of imidazole rings is 1. The standard InChI is InChI=1S/C3H4N2.Ag.NO3/c1-2-5-3-4-1;;2-1(3)4/h1-3H,(H,4,5);;/q;+1;-1. The van der Waals surface area contributed by atoms with Crippen LogP contribution in [0.2, 0.25) is 0 Å². The van der Waals surface area contributed by atoms with Crippen molar-refractivity contribution in [2.24, 2.45) is 0 Å². The summed E-state index contributed by atoms with van der Waals surface area (Å²) in [6, 6.07) is 0. The molecule has 1 N–H and O–H groups in total. The Bertz CT molecular complexity index is 133. The maximum absolute atomic E-state index is 8.25. The van der Waals surface area contributed by atoms with E-state index in [-0.39, 0.29) is 22.4 Å². The molecule has 0 aromatic carbocycles. The van der Waals surface area contributed by atoms with Gasteiger partial charge in [0.2, 0.25) is 0 Å². The Kier molecular flexibility index (Phi) is 9.69. The molecule has 0 atom stereocenters. The van der Waals surface area contributed by atoms with Crippen LogP contribution in [0.4, 0.5) is 0 Å². The summed E-state index contributed by atoms with van der Waals surface area (Å²) in [7, 11) is 0. The molecule has 0 radical (unpaired) electrons. The molecule has 0 aliphatic heterocycles. The minimum atomic E-state index is -1.75. The average Bonchev–Trinajstić information content (AvgIpc) is 2.11. The van der Waals surface area contributed by atoms with Crippen molar-refractivity contribution in [3.05, 3.63) is 34.0 Å². The van der Waals surface area contributed by atoms with Gasteiger partial charge in [-0.15, -0.1) is 0 Å². The zero-order valence-electron chi connectivity index (χ0n) is 4.65. The summed E-state index contributed by atoms with van der Waals surface area (Å²) < 4.78 is 0. The molecule has 0 saturated heterocycles. The molecule has 0 fully saturated rings. The van der Waals surface area contributed by atoms with Crippen molar-refractivity contribution in [1.29, 1.82) is 0 Å². The van der Waals surface area contributed by atoms with Crippen LogP contribution >= 0.6 is 0 Å². The van der Waals surface area contributed by atoms with Crippen LogP contribution in [-0.2, 0) is 22.4 Å². The van der Waals surface area contributed by atoms with Crippen molar-refractivity contribution in [3.8, 4) is 0 Å². The average molecular weight is 238 g/mol. The van der Waals surface area contributed by atoms with Gasteiger partial charge < -0.3 is 20.3 Å². The maximum Gasteiger partial charge on any atom is 1.00 e. The first-order chi connectivity index (χ1) is 4.23. The van der Waals surface area contributed by atoms with Crippen molar-refractivity contribution in [2.75, 3.05) is 0 Å². The van der Waals surface area contributed by atoms with Gasteiger partial charge in [0, 0.05) is 12.4 Å². The van der Waals surface area contributed by atoms with Crippen LogP contribution in [0.15, 0.2) is 18.7 Å². The van der Waals surface area contributed by atoms with Gasteiger partial charge in [0.05, 0.1) is 11.4 Å². The SMILES string of the molecule is O=[N+]([O-])[O-].[Ag+].c1c[nH]cn1. The zero-order chi connectivity index (χ0) is 7.11. The fraction of sp³-hybridized carbons (Fsp3) is 0. The Morgan fingerprint density at radius 1 is 1.50 bits per heavy atom. The van der Waals surface area contributed by atoms with E-state index in [4.69, 9.17) is 15.3 Å². The Balaban J connectivity index is 0. The molecule has 6 nitrogen and oxygen atoms in total. The van der Waals surface area contributed by atoms with E-state index in [9.17, 15) is 0 Å². The zero-order valence-corrected chi connectivity index (χ0v) is 6.13. The van der Waals surface area contributed by atoms with Gasteiger partial charge in [-0.25, -0.2) is 4.98 Å². The molecule has 0 saturated carbocycles. The fourth-order valence-electron chi connectivity index (χ4n) is 0.215. The van der Waals surface area contributed by atoms with E-state index in [1.54, 1.807) is 18.7 Å². The Morgan fingerprint density at radius 3 is 2.10 bits per heavy atom. The van der Waals surface area contributed by atoms with Crippen molar-refractivity contribution in [2.45, 2.75) is 0 Å². The van der Waals surface area contributed by atoms with Crippen molar-refractivity contribution < 1.29 is 27.5 Å². The Hall–Kier alpha value is -0.850. The second kappa shape index (κ2) is 8.15. The minimum absolute atomic E-state index is 0. The monoisotopic (exact) mass is 237 g/mol. The van der Waals surface area contributed by atoms with E-state index in [0.29, 0.717) is 0 Å². The number of H-pyrrole nitrogens is 1. The normalized spacial score (nSPS) is 6.40. The van der Waals surface area contributed by atoms with E-state index >= 15 is 0 Å². The predicted octanol–water partition coefficient (Wildman–Crippen LogP) is 0.168. The number of nitrogens with one attached hydrogen (secondary N) is 1. The van der Waals surface area contributed by atoms with E-state index in [2.05, 4.69) is 9.97 Å². The number of aromatic nitrogens is 2. The molecule has 0 aliphatic rings. The molecule has 0 unspecified atom stereocenters. The van der Waals surface area contributed by atoms with Crippen LogP contribution in [-0.4, -0.2) is 15.1 Å². The van der Waals surface area contributed by atoms with Gasteiger partial charge in [0.25, 0.3) is 0 Å². The molecular weight excluding hydrogens is 234 g/mol. The van der Waals surface area contributed by atoms with E-state index in [0.717, 1.165) is 0 Å². The van der Waals surface area contributed by atoms with Gasteiger partial charge >= 0.3 is 22.4 Å². The van der Waals surface area contributed by atoms with Gasteiger partial charge in [0.15, 0.2) is 0 Å². The molecule has 0 bridgehead atoms. The quantitative estimate of drug-likeness (QED) is 0.395. The molecule has 0 aliphatic carbocycles. The van der Waals surface area contributed by atoms with E-state index < -0.39 is 5.09 Å². The number of hydrogen-bond acceptors (Lipinski definition) is 4. The number of nitrogens with zero attached hydrogens (tertiary/aromatic N) is 2. The second-order valence-corrected chi connectivity index (χ2v) is 0.984. The number of hydrogen-bond donors (Lipinski definition) is 1. The van der Waals surface area contributed by atoms with Gasteiger partial charge in [-0.3, -0.25) is 0 Å². The maximum atomic E-state index is 8.25. The first kappa shape index (κ1) is 11.9. The molecule has 0 spiro atoms. The molecule has 1 heterocycles. The molecule has 10 heavy (non-hydrogen) atoms. The van der Waals surface area contributed by atoms with Crippen LogP contribution in [0, 0.1) is 15.3 Å². The molecule has 1 aromatic heterocycles. The topological polar surface area (TPSA) is 94.9 Å². The first-order valence-electron chi connectivity index (χ1n) is 1.97.